The van der Waals surface area contributed by atoms with Crippen molar-refractivity contribution in [1.82, 2.24) is 10.3 Å². The second-order valence-corrected chi connectivity index (χ2v) is 4.52. The van der Waals surface area contributed by atoms with Gasteiger partial charge in [0.25, 0.3) is 0 Å². The van der Waals surface area contributed by atoms with E-state index >= 15 is 0 Å². The van der Waals surface area contributed by atoms with Gasteiger partial charge in [-0.3, -0.25) is 14.6 Å². The Kier molecular flexibility index (Phi) is 5.51. The van der Waals surface area contributed by atoms with Crippen molar-refractivity contribution in [2.75, 3.05) is 19.5 Å². The van der Waals surface area contributed by atoms with Crippen LogP contribution in [-0.4, -0.2) is 31.0 Å². The lowest BCUT2D eigenvalue weighted by Gasteiger charge is -2.11. The summed E-state index contributed by atoms with van der Waals surface area (Å²) >= 11 is 0. The van der Waals surface area contributed by atoms with E-state index in [0.717, 1.165) is 0 Å². The smallest absolute Gasteiger partial charge is 0.313 e. The second-order valence-electron chi connectivity index (χ2n) is 4.52. The van der Waals surface area contributed by atoms with E-state index in [-0.39, 0.29) is 6.54 Å². The van der Waals surface area contributed by atoms with Crippen LogP contribution in [0.15, 0.2) is 42.6 Å². The summed E-state index contributed by atoms with van der Waals surface area (Å²) in [6, 6.07) is 10.2. The summed E-state index contributed by atoms with van der Waals surface area (Å²) in [5, 5.41) is 5.00. The number of nitrogens with one attached hydrogen (secondary N) is 2. The Labute approximate surface area is 133 Å². The maximum atomic E-state index is 11.9. The molecular weight excluding hydrogens is 298 g/mol. The fourth-order valence-electron chi connectivity index (χ4n) is 1.83. The number of hydrogen-bond donors (Lipinski definition) is 2. The van der Waals surface area contributed by atoms with E-state index < -0.39 is 11.8 Å². The highest BCUT2D eigenvalue weighted by atomic mass is 16.5. The molecule has 0 aliphatic rings. The minimum atomic E-state index is -0.788. The topological polar surface area (TPSA) is 89.5 Å². The number of benzene rings is 1. The number of nitrogens with zero attached hydrogens (tertiary/aromatic N) is 1. The summed E-state index contributed by atoms with van der Waals surface area (Å²) in [4.78, 5) is 27.8. The molecule has 2 aromatic rings. The van der Waals surface area contributed by atoms with Gasteiger partial charge in [0.05, 0.1) is 32.1 Å². The maximum absolute atomic E-state index is 11.9. The lowest BCUT2D eigenvalue weighted by atomic mass is 10.2. The third kappa shape index (κ3) is 4.44. The van der Waals surface area contributed by atoms with Crippen LogP contribution in [0, 0.1) is 0 Å². The Morgan fingerprint density at radius 2 is 1.91 bits per heavy atom. The molecule has 2 rings (SSSR count). The van der Waals surface area contributed by atoms with Gasteiger partial charge in [-0.25, -0.2) is 0 Å². The Morgan fingerprint density at radius 3 is 2.57 bits per heavy atom. The normalized spacial score (nSPS) is 9.83. The highest BCUT2D eigenvalue weighted by Gasteiger charge is 2.16. The number of carbonyl (C=O) groups is 2. The molecule has 0 saturated heterocycles. The van der Waals surface area contributed by atoms with Crippen LogP contribution >= 0.6 is 0 Å². The van der Waals surface area contributed by atoms with E-state index in [4.69, 9.17) is 9.47 Å². The summed E-state index contributed by atoms with van der Waals surface area (Å²) in [7, 11) is 2.99. The molecule has 0 aliphatic heterocycles. The van der Waals surface area contributed by atoms with Crippen molar-refractivity contribution in [3.63, 3.8) is 0 Å². The zero-order chi connectivity index (χ0) is 16.7. The molecule has 1 aromatic heterocycles. The number of amides is 2. The van der Waals surface area contributed by atoms with Crippen molar-refractivity contribution < 1.29 is 19.1 Å². The van der Waals surface area contributed by atoms with Gasteiger partial charge in [0, 0.05) is 12.3 Å². The average Bonchev–Trinajstić information content (AvgIpc) is 2.60. The van der Waals surface area contributed by atoms with Gasteiger partial charge in [0.1, 0.15) is 11.5 Å². The zero-order valence-corrected chi connectivity index (χ0v) is 12.8. The standard InChI is InChI=1S/C16H17N3O4/c1-22-12-6-7-13(14(9-12)23-2)19-16(21)15(20)18-10-11-5-3-4-8-17-11/h3-9H,10H2,1-2H3,(H,18,20)(H,19,21). The van der Waals surface area contributed by atoms with Crippen LogP contribution in [0.3, 0.4) is 0 Å². The van der Waals surface area contributed by atoms with Crippen LogP contribution < -0.4 is 20.1 Å². The minimum Gasteiger partial charge on any atom is -0.497 e. The van der Waals surface area contributed by atoms with Gasteiger partial charge in [-0.1, -0.05) is 6.07 Å². The van der Waals surface area contributed by atoms with Crippen LogP contribution in [0.4, 0.5) is 5.69 Å². The molecule has 0 radical (unpaired) electrons. The molecule has 23 heavy (non-hydrogen) atoms. The molecule has 7 heteroatoms. The van der Waals surface area contributed by atoms with Gasteiger partial charge in [0.15, 0.2) is 0 Å². The van der Waals surface area contributed by atoms with Crippen molar-refractivity contribution in [1.29, 1.82) is 0 Å². The Morgan fingerprint density at radius 1 is 1.09 bits per heavy atom. The SMILES string of the molecule is COc1ccc(NC(=O)C(=O)NCc2ccccn2)c(OC)c1. The monoisotopic (exact) mass is 315 g/mol. The Hall–Kier alpha value is -3.09. The molecule has 1 aromatic carbocycles. The third-order valence-electron chi connectivity index (χ3n) is 3.02. The van der Waals surface area contributed by atoms with E-state index in [0.29, 0.717) is 22.9 Å². The molecule has 0 fully saturated rings. The molecule has 0 spiro atoms. The number of aromatic nitrogens is 1. The van der Waals surface area contributed by atoms with Crippen LogP contribution in [0.5, 0.6) is 11.5 Å². The summed E-state index contributed by atoms with van der Waals surface area (Å²) in [6.07, 6.45) is 1.61. The maximum Gasteiger partial charge on any atom is 0.313 e. The van der Waals surface area contributed by atoms with Crippen LogP contribution in [0.2, 0.25) is 0 Å². The fourth-order valence-corrected chi connectivity index (χ4v) is 1.83. The Balaban J connectivity index is 1.97. The van der Waals surface area contributed by atoms with Crippen LogP contribution in [0.1, 0.15) is 5.69 Å². The number of rotatable bonds is 5. The predicted molar refractivity (Wildman–Crippen MR) is 84.3 cm³/mol. The van der Waals surface area contributed by atoms with Gasteiger partial charge in [-0.05, 0) is 24.3 Å². The molecule has 0 saturated carbocycles. The van der Waals surface area contributed by atoms with Crippen molar-refractivity contribution in [3.05, 3.63) is 48.3 Å². The lowest BCUT2D eigenvalue weighted by molar-refractivity contribution is -0.136. The van der Waals surface area contributed by atoms with Gasteiger partial charge < -0.3 is 20.1 Å². The van der Waals surface area contributed by atoms with Gasteiger partial charge in [-0.2, -0.15) is 0 Å². The number of ether oxygens (including phenoxy) is 2. The fraction of sp³-hybridized carbons (Fsp3) is 0.188. The summed E-state index contributed by atoms with van der Waals surface area (Å²) in [5.74, 6) is -0.562. The first-order chi connectivity index (χ1) is 11.1. The summed E-state index contributed by atoms with van der Waals surface area (Å²) < 4.78 is 10.2. The zero-order valence-electron chi connectivity index (χ0n) is 12.8. The number of carbonyl (C=O) groups excluding carboxylic acids is 2. The van der Waals surface area contributed by atoms with Crippen LogP contribution in [-0.2, 0) is 16.1 Å². The molecule has 0 bridgehead atoms. The van der Waals surface area contributed by atoms with E-state index in [1.807, 2.05) is 0 Å². The molecule has 2 amide bonds. The molecule has 0 atom stereocenters. The van der Waals surface area contributed by atoms with Crippen molar-refractivity contribution in [2.45, 2.75) is 6.54 Å². The molecule has 120 valence electrons. The summed E-state index contributed by atoms with van der Waals surface area (Å²) in [5.41, 5.74) is 1.04. The molecule has 1 heterocycles. The number of anilines is 1. The largest absolute Gasteiger partial charge is 0.497 e. The average molecular weight is 315 g/mol. The van der Waals surface area contributed by atoms with Crippen LogP contribution in [0.25, 0.3) is 0 Å². The Bertz CT molecular complexity index is 689. The van der Waals surface area contributed by atoms with Gasteiger partial charge in [-0.15, -0.1) is 0 Å². The van der Waals surface area contributed by atoms with Crippen molar-refractivity contribution in [3.8, 4) is 11.5 Å². The van der Waals surface area contributed by atoms with Gasteiger partial charge >= 0.3 is 11.8 Å². The first-order valence-corrected chi connectivity index (χ1v) is 6.85. The number of hydrogen-bond acceptors (Lipinski definition) is 5. The van der Waals surface area contributed by atoms with E-state index in [1.165, 1.54) is 14.2 Å². The first kappa shape index (κ1) is 16.3. The quantitative estimate of drug-likeness (QED) is 0.813. The molecule has 2 N–H and O–H groups in total. The minimum absolute atomic E-state index is 0.173. The molecule has 7 nitrogen and oxygen atoms in total. The first-order valence-electron chi connectivity index (χ1n) is 6.85. The molecule has 0 unspecified atom stereocenters. The van der Waals surface area contributed by atoms with Gasteiger partial charge in [0.2, 0.25) is 0 Å². The lowest BCUT2D eigenvalue weighted by Crippen LogP contribution is -2.35. The van der Waals surface area contributed by atoms with E-state index in [2.05, 4.69) is 15.6 Å². The highest BCUT2D eigenvalue weighted by Crippen LogP contribution is 2.28. The predicted octanol–water partition coefficient (Wildman–Crippen LogP) is 1.35. The third-order valence-corrected chi connectivity index (χ3v) is 3.02. The van der Waals surface area contributed by atoms with Crippen molar-refractivity contribution in [2.24, 2.45) is 0 Å². The second kappa shape index (κ2) is 7.79. The van der Waals surface area contributed by atoms with E-state index in [1.54, 1.807) is 42.6 Å². The van der Waals surface area contributed by atoms with Crippen molar-refractivity contribution >= 4 is 17.5 Å². The highest BCUT2D eigenvalue weighted by molar-refractivity contribution is 6.39. The molecular formula is C16H17N3O4. The number of methoxy groups -OCH3 is 2. The molecule has 0 aliphatic carbocycles. The van der Waals surface area contributed by atoms with E-state index in [9.17, 15) is 9.59 Å². The number of pyridine rings is 1. The summed E-state index contributed by atoms with van der Waals surface area (Å²) in [6.45, 7) is 0.173.